The molecule has 0 aromatic heterocycles. The highest BCUT2D eigenvalue weighted by atomic mass is 19.1. The standard InChI is InChI=1S/C16H25FN2O2/c1-13(2)12-21-11-5-9-18-16(20)19-10-8-14-6-3-4-7-15(14)17/h3-4,6-7,13H,5,8-12H2,1-2H3,(H2,18,19,20). The first-order chi connectivity index (χ1) is 10.1. The Labute approximate surface area is 126 Å². The molecular weight excluding hydrogens is 271 g/mol. The van der Waals surface area contributed by atoms with Crippen molar-refractivity contribution in [1.82, 2.24) is 10.6 Å². The Morgan fingerprint density at radius 1 is 1.24 bits per heavy atom. The van der Waals surface area contributed by atoms with Crippen molar-refractivity contribution in [2.75, 3.05) is 26.3 Å². The van der Waals surface area contributed by atoms with Gasteiger partial charge in [0.2, 0.25) is 0 Å². The summed E-state index contributed by atoms with van der Waals surface area (Å²) in [4.78, 5) is 11.5. The lowest BCUT2D eigenvalue weighted by Crippen LogP contribution is -2.37. The Kier molecular flexibility index (Phi) is 8.43. The zero-order valence-electron chi connectivity index (χ0n) is 12.8. The van der Waals surface area contributed by atoms with E-state index in [1.807, 2.05) is 0 Å². The summed E-state index contributed by atoms with van der Waals surface area (Å²) >= 11 is 0. The Hall–Kier alpha value is -1.62. The van der Waals surface area contributed by atoms with E-state index in [4.69, 9.17) is 4.74 Å². The van der Waals surface area contributed by atoms with Crippen LogP contribution in [0.5, 0.6) is 0 Å². The van der Waals surface area contributed by atoms with Crippen molar-refractivity contribution < 1.29 is 13.9 Å². The topological polar surface area (TPSA) is 50.4 Å². The van der Waals surface area contributed by atoms with Gasteiger partial charge in [0.15, 0.2) is 0 Å². The summed E-state index contributed by atoms with van der Waals surface area (Å²) in [6.45, 7) is 6.57. The van der Waals surface area contributed by atoms with Crippen LogP contribution in [0.1, 0.15) is 25.8 Å². The highest BCUT2D eigenvalue weighted by Gasteiger charge is 2.02. The van der Waals surface area contributed by atoms with Crippen LogP contribution in [0.3, 0.4) is 0 Å². The van der Waals surface area contributed by atoms with Crippen LogP contribution < -0.4 is 10.6 Å². The van der Waals surface area contributed by atoms with Crippen LogP contribution in [0.15, 0.2) is 24.3 Å². The van der Waals surface area contributed by atoms with E-state index in [1.165, 1.54) is 6.07 Å². The Morgan fingerprint density at radius 2 is 1.95 bits per heavy atom. The number of hydrogen-bond donors (Lipinski definition) is 2. The van der Waals surface area contributed by atoms with Crippen molar-refractivity contribution in [3.8, 4) is 0 Å². The van der Waals surface area contributed by atoms with Crippen molar-refractivity contribution in [1.29, 1.82) is 0 Å². The molecule has 5 heteroatoms. The third-order valence-electron chi connectivity index (χ3n) is 2.84. The van der Waals surface area contributed by atoms with Gasteiger partial charge in [0, 0.05) is 26.3 Å². The molecule has 0 aliphatic carbocycles. The normalized spacial score (nSPS) is 10.7. The van der Waals surface area contributed by atoms with E-state index in [0.717, 1.165) is 13.0 Å². The molecule has 0 fully saturated rings. The summed E-state index contributed by atoms with van der Waals surface area (Å²) in [5.41, 5.74) is 0.611. The maximum atomic E-state index is 13.3. The molecule has 0 unspecified atom stereocenters. The second kappa shape index (κ2) is 10.2. The predicted octanol–water partition coefficient (Wildman–Crippen LogP) is 2.73. The Morgan fingerprint density at radius 3 is 2.67 bits per heavy atom. The van der Waals surface area contributed by atoms with Gasteiger partial charge in [-0.15, -0.1) is 0 Å². The van der Waals surface area contributed by atoms with Gasteiger partial charge in [-0.2, -0.15) is 0 Å². The van der Waals surface area contributed by atoms with Crippen LogP contribution in [0.25, 0.3) is 0 Å². The number of amides is 2. The number of ether oxygens (including phenoxy) is 1. The van der Waals surface area contributed by atoms with E-state index in [2.05, 4.69) is 24.5 Å². The average molecular weight is 296 g/mol. The molecule has 2 N–H and O–H groups in total. The van der Waals surface area contributed by atoms with Crippen molar-refractivity contribution in [2.45, 2.75) is 26.7 Å². The zero-order chi connectivity index (χ0) is 15.5. The number of nitrogens with one attached hydrogen (secondary N) is 2. The third kappa shape index (κ3) is 8.30. The summed E-state index contributed by atoms with van der Waals surface area (Å²) in [5, 5.41) is 5.46. The molecule has 0 bridgehead atoms. The third-order valence-corrected chi connectivity index (χ3v) is 2.84. The highest BCUT2D eigenvalue weighted by molar-refractivity contribution is 5.73. The molecule has 0 heterocycles. The minimum Gasteiger partial charge on any atom is -0.381 e. The maximum absolute atomic E-state index is 13.3. The highest BCUT2D eigenvalue weighted by Crippen LogP contribution is 2.05. The van der Waals surface area contributed by atoms with Crippen molar-refractivity contribution in [2.24, 2.45) is 5.92 Å². The van der Waals surface area contributed by atoms with Gasteiger partial charge in [-0.3, -0.25) is 0 Å². The molecule has 21 heavy (non-hydrogen) atoms. The monoisotopic (exact) mass is 296 g/mol. The fourth-order valence-corrected chi connectivity index (χ4v) is 1.77. The van der Waals surface area contributed by atoms with Crippen LogP contribution in [-0.2, 0) is 11.2 Å². The van der Waals surface area contributed by atoms with Crippen LogP contribution in [-0.4, -0.2) is 32.3 Å². The Bertz CT molecular complexity index is 424. The van der Waals surface area contributed by atoms with E-state index in [-0.39, 0.29) is 11.8 Å². The lowest BCUT2D eigenvalue weighted by molar-refractivity contribution is 0.108. The SMILES string of the molecule is CC(C)COCCCNC(=O)NCCc1ccccc1F. The number of carbonyl (C=O) groups is 1. The van der Waals surface area contributed by atoms with Crippen molar-refractivity contribution in [3.05, 3.63) is 35.6 Å². The fraction of sp³-hybridized carbons (Fsp3) is 0.562. The Balaban J connectivity index is 2.03. The number of benzene rings is 1. The number of carbonyl (C=O) groups excluding carboxylic acids is 1. The fourth-order valence-electron chi connectivity index (χ4n) is 1.77. The number of rotatable bonds is 9. The second-order valence-electron chi connectivity index (χ2n) is 5.35. The molecule has 0 saturated carbocycles. The minimum atomic E-state index is -0.234. The largest absolute Gasteiger partial charge is 0.381 e. The summed E-state index contributed by atoms with van der Waals surface area (Å²) in [7, 11) is 0. The van der Waals surface area contributed by atoms with Gasteiger partial charge in [-0.1, -0.05) is 32.0 Å². The molecule has 2 amide bonds. The van der Waals surface area contributed by atoms with Gasteiger partial charge in [0.05, 0.1) is 0 Å². The van der Waals surface area contributed by atoms with Crippen LogP contribution in [0, 0.1) is 11.7 Å². The van der Waals surface area contributed by atoms with Crippen molar-refractivity contribution >= 4 is 6.03 Å². The first kappa shape index (κ1) is 17.4. The van der Waals surface area contributed by atoms with Crippen LogP contribution in [0.4, 0.5) is 9.18 Å². The summed E-state index contributed by atoms with van der Waals surface area (Å²) in [5.74, 6) is 0.293. The van der Waals surface area contributed by atoms with Gasteiger partial charge in [-0.05, 0) is 30.4 Å². The van der Waals surface area contributed by atoms with Crippen LogP contribution >= 0.6 is 0 Å². The molecule has 118 valence electrons. The molecule has 0 radical (unpaired) electrons. The molecule has 0 aliphatic rings. The number of halogens is 1. The smallest absolute Gasteiger partial charge is 0.314 e. The predicted molar refractivity (Wildman–Crippen MR) is 81.8 cm³/mol. The molecule has 1 aromatic carbocycles. The van der Waals surface area contributed by atoms with Gasteiger partial charge in [0.1, 0.15) is 5.82 Å². The van der Waals surface area contributed by atoms with Gasteiger partial charge in [0.25, 0.3) is 0 Å². The summed E-state index contributed by atoms with van der Waals surface area (Å²) < 4.78 is 18.8. The summed E-state index contributed by atoms with van der Waals surface area (Å²) in [6.07, 6.45) is 1.27. The van der Waals surface area contributed by atoms with Crippen molar-refractivity contribution in [3.63, 3.8) is 0 Å². The molecule has 0 spiro atoms. The molecule has 4 nitrogen and oxygen atoms in total. The van der Waals surface area contributed by atoms with E-state index in [1.54, 1.807) is 18.2 Å². The molecule has 1 aromatic rings. The number of urea groups is 1. The first-order valence-corrected chi connectivity index (χ1v) is 7.42. The van der Waals surface area contributed by atoms with E-state index >= 15 is 0 Å². The molecule has 0 atom stereocenters. The van der Waals surface area contributed by atoms with E-state index in [0.29, 0.717) is 37.6 Å². The van der Waals surface area contributed by atoms with Gasteiger partial charge in [-0.25, -0.2) is 9.18 Å². The van der Waals surface area contributed by atoms with E-state index < -0.39 is 0 Å². The first-order valence-electron chi connectivity index (χ1n) is 7.42. The zero-order valence-corrected chi connectivity index (χ0v) is 12.8. The molecule has 0 saturated heterocycles. The maximum Gasteiger partial charge on any atom is 0.314 e. The van der Waals surface area contributed by atoms with Gasteiger partial charge < -0.3 is 15.4 Å². The lowest BCUT2D eigenvalue weighted by atomic mass is 10.1. The molecule has 1 rings (SSSR count). The summed E-state index contributed by atoms with van der Waals surface area (Å²) in [6, 6.07) is 6.36. The molecule has 0 aliphatic heterocycles. The van der Waals surface area contributed by atoms with E-state index in [9.17, 15) is 9.18 Å². The average Bonchev–Trinajstić information content (AvgIpc) is 2.44. The quantitative estimate of drug-likeness (QED) is 0.688. The molecular formula is C16H25FN2O2. The second-order valence-corrected chi connectivity index (χ2v) is 5.35. The minimum absolute atomic E-state index is 0.227. The van der Waals surface area contributed by atoms with Gasteiger partial charge >= 0.3 is 6.03 Å². The lowest BCUT2D eigenvalue weighted by Gasteiger charge is -2.09. The van der Waals surface area contributed by atoms with Crippen LogP contribution in [0.2, 0.25) is 0 Å². The number of hydrogen-bond acceptors (Lipinski definition) is 2.